The number of carboxylic acids is 1. The molecule has 0 saturated heterocycles. The highest BCUT2D eigenvalue weighted by Gasteiger charge is 2.09. The molecule has 162 valence electrons. The van der Waals surface area contributed by atoms with Gasteiger partial charge in [-0.1, -0.05) is 24.3 Å². The second kappa shape index (κ2) is 11.0. The molecule has 0 aliphatic rings. The number of rotatable bonds is 11. The number of aliphatic carboxylic acids is 1. The van der Waals surface area contributed by atoms with Crippen molar-refractivity contribution in [1.29, 1.82) is 0 Å². The zero-order valence-electron chi connectivity index (χ0n) is 17.7. The number of carboxylic acid groups (broad SMARTS) is 1. The van der Waals surface area contributed by atoms with E-state index >= 15 is 0 Å². The van der Waals surface area contributed by atoms with Gasteiger partial charge in [0, 0.05) is 13.2 Å². The molecule has 0 aromatic heterocycles. The van der Waals surface area contributed by atoms with Crippen LogP contribution in [0.2, 0.25) is 0 Å². The van der Waals surface area contributed by atoms with E-state index < -0.39 is 5.97 Å². The first kappa shape index (κ1) is 22.2. The summed E-state index contributed by atoms with van der Waals surface area (Å²) >= 11 is 0. The molecule has 0 atom stereocenters. The molecule has 0 heterocycles. The molecule has 0 aliphatic heterocycles. The van der Waals surface area contributed by atoms with Gasteiger partial charge < -0.3 is 24.1 Å². The third-order valence-corrected chi connectivity index (χ3v) is 4.42. The van der Waals surface area contributed by atoms with Gasteiger partial charge >= 0.3 is 5.97 Å². The highest BCUT2D eigenvalue weighted by atomic mass is 16.5. The van der Waals surface area contributed by atoms with Crippen LogP contribution < -0.4 is 14.2 Å². The Labute approximate surface area is 182 Å². The molecule has 6 nitrogen and oxygen atoms in total. The molecule has 0 spiro atoms. The maximum absolute atomic E-state index is 11.2. The molecular weight excluding hydrogens is 396 g/mol. The highest BCUT2D eigenvalue weighted by molar-refractivity contribution is 5.71. The predicted octanol–water partition coefficient (Wildman–Crippen LogP) is 5.20. The molecule has 1 N–H and O–H groups in total. The van der Waals surface area contributed by atoms with Gasteiger partial charge in [0.25, 0.3) is 0 Å². The highest BCUT2D eigenvalue weighted by Crippen LogP contribution is 2.31. The summed E-state index contributed by atoms with van der Waals surface area (Å²) in [5.74, 6) is 1.59. The number of hydrogen-bond acceptors (Lipinski definition) is 5. The zero-order chi connectivity index (χ0) is 22.1. The van der Waals surface area contributed by atoms with Crippen LogP contribution in [-0.2, 0) is 16.0 Å². The molecule has 3 aromatic rings. The second-order valence-corrected chi connectivity index (χ2v) is 6.81. The van der Waals surface area contributed by atoms with Crippen molar-refractivity contribution in [3.8, 4) is 34.1 Å². The van der Waals surface area contributed by atoms with E-state index in [0.29, 0.717) is 42.6 Å². The maximum atomic E-state index is 11.2. The van der Waals surface area contributed by atoms with Gasteiger partial charge in [0.1, 0.15) is 29.6 Å². The first-order chi connectivity index (χ1) is 15.1. The summed E-state index contributed by atoms with van der Waals surface area (Å²) in [5.41, 5.74) is 2.64. The number of benzene rings is 3. The lowest BCUT2D eigenvalue weighted by atomic mass is 10.1. The van der Waals surface area contributed by atoms with Crippen LogP contribution in [0.3, 0.4) is 0 Å². The summed E-state index contributed by atoms with van der Waals surface area (Å²) in [5, 5.41) is 9.16. The van der Waals surface area contributed by atoms with Crippen LogP contribution >= 0.6 is 0 Å². The van der Waals surface area contributed by atoms with Gasteiger partial charge in [-0.3, -0.25) is 4.79 Å². The predicted molar refractivity (Wildman–Crippen MR) is 118 cm³/mol. The number of methoxy groups -OCH3 is 1. The van der Waals surface area contributed by atoms with Crippen LogP contribution in [0.25, 0.3) is 11.1 Å². The topological polar surface area (TPSA) is 74.2 Å². The van der Waals surface area contributed by atoms with Crippen molar-refractivity contribution >= 4 is 5.97 Å². The van der Waals surface area contributed by atoms with Gasteiger partial charge in [0.05, 0.1) is 19.6 Å². The summed E-state index contributed by atoms with van der Waals surface area (Å²) in [6.45, 7) is 3.37. The lowest BCUT2D eigenvalue weighted by Crippen LogP contribution is -2.06. The Bertz CT molecular complexity index is 997. The van der Waals surface area contributed by atoms with Crippen LogP contribution in [0.5, 0.6) is 23.0 Å². The quantitative estimate of drug-likeness (QED) is 0.428. The Morgan fingerprint density at radius 3 is 2.29 bits per heavy atom. The van der Waals surface area contributed by atoms with E-state index in [1.165, 1.54) is 0 Å². The summed E-state index contributed by atoms with van der Waals surface area (Å²) < 4.78 is 22.2. The van der Waals surface area contributed by atoms with E-state index in [1.54, 1.807) is 25.3 Å². The Hall–Kier alpha value is -3.51. The van der Waals surface area contributed by atoms with E-state index in [4.69, 9.17) is 24.1 Å². The van der Waals surface area contributed by atoms with Crippen molar-refractivity contribution in [2.24, 2.45) is 0 Å². The van der Waals surface area contributed by atoms with Crippen LogP contribution in [0, 0.1) is 0 Å². The normalized spacial score (nSPS) is 10.5. The summed E-state index contributed by atoms with van der Waals surface area (Å²) in [6.07, 6.45) is -0.121. The molecule has 0 bridgehead atoms. The van der Waals surface area contributed by atoms with Gasteiger partial charge in [0.15, 0.2) is 0 Å². The van der Waals surface area contributed by atoms with E-state index in [-0.39, 0.29) is 6.42 Å². The first-order valence-electron chi connectivity index (χ1n) is 10.1. The molecule has 3 rings (SSSR count). The van der Waals surface area contributed by atoms with E-state index in [1.807, 2.05) is 55.5 Å². The van der Waals surface area contributed by atoms with E-state index in [2.05, 4.69) is 0 Å². The fraction of sp³-hybridized carbons (Fsp3) is 0.240. The van der Waals surface area contributed by atoms with E-state index in [0.717, 1.165) is 16.9 Å². The smallest absolute Gasteiger partial charge is 0.307 e. The lowest BCUT2D eigenvalue weighted by Gasteiger charge is -2.12. The van der Waals surface area contributed by atoms with Crippen LogP contribution in [0.4, 0.5) is 0 Å². The number of hydrogen-bond donors (Lipinski definition) is 1. The van der Waals surface area contributed by atoms with Gasteiger partial charge in [-0.15, -0.1) is 0 Å². The van der Waals surface area contributed by atoms with Gasteiger partial charge in [-0.05, 0) is 60.0 Å². The van der Waals surface area contributed by atoms with Crippen molar-refractivity contribution in [3.63, 3.8) is 0 Å². The summed E-state index contributed by atoms with van der Waals surface area (Å²) in [4.78, 5) is 11.2. The minimum Gasteiger partial charge on any atom is -0.494 e. The molecule has 0 unspecified atom stereocenters. The van der Waals surface area contributed by atoms with Crippen molar-refractivity contribution in [2.45, 2.75) is 13.3 Å². The summed E-state index contributed by atoms with van der Waals surface area (Å²) in [7, 11) is 1.59. The Kier molecular flexibility index (Phi) is 7.90. The van der Waals surface area contributed by atoms with Crippen molar-refractivity contribution in [3.05, 3.63) is 72.3 Å². The monoisotopic (exact) mass is 422 g/mol. The van der Waals surface area contributed by atoms with Gasteiger partial charge in [0.2, 0.25) is 0 Å². The SMILES string of the molecule is CCOc1ccc(-c2cccc(Oc3cc(CC(=O)O)cc(OCCOC)c3)c2)cc1. The Balaban J connectivity index is 1.81. The largest absolute Gasteiger partial charge is 0.494 e. The lowest BCUT2D eigenvalue weighted by molar-refractivity contribution is -0.136. The standard InChI is InChI=1S/C25H26O6/c1-3-29-21-9-7-19(8-10-21)20-5-4-6-22(16-20)31-24-14-18(15-25(26)27)13-23(17-24)30-12-11-28-2/h4-10,13-14,16-17H,3,11-12,15H2,1-2H3,(H,26,27). The first-order valence-corrected chi connectivity index (χ1v) is 10.1. The summed E-state index contributed by atoms with van der Waals surface area (Å²) in [6, 6.07) is 20.7. The zero-order valence-corrected chi connectivity index (χ0v) is 17.7. The molecule has 6 heteroatoms. The van der Waals surface area contributed by atoms with Crippen LogP contribution in [0.15, 0.2) is 66.7 Å². The van der Waals surface area contributed by atoms with Crippen molar-refractivity contribution in [2.75, 3.05) is 26.9 Å². The van der Waals surface area contributed by atoms with Gasteiger partial charge in [-0.2, -0.15) is 0 Å². The third kappa shape index (κ3) is 6.76. The fourth-order valence-corrected chi connectivity index (χ4v) is 3.08. The molecule has 0 amide bonds. The maximum Gasteiger partial charge on any atom is 0.307 e. The minimum atomic E-state index is -0.919. The average Bonchev–Trinajstić information content (AvgIpc) is 2.74. The number of ether oxygens (including phenoxy) is 4. The van der Waals surface area contributed by atoms with Crippen molar-refractivity contribution in [1.82, 2.24) is 0 Å². The van der Waals surface area contributed by atoms with Gasteiger partial charge in [-0.25, -0.2) is 0 Å². The number of carbonyl (C=O) groups is 1. The molecule has 0 saturated carbocycles. The second-order valence-electron chi connectivity index (χ2n) is 6.81. The Morgan fingerprint density at radius 2 is 1.58 bits per heavy atom. The molecule has 31 heavy (non-hydrogen) atoms. The molecule has 3 aromatic carbocycles. The average molecular weight is 422 g/mol. The third-order valence-electron chi connectivity index (χ3n) is 4.42. The molecular formula is C25H26O6. The Morgan fingerprint density at radius 1 is 0.806 bits per heavy atom. The van der Waals surface area contributed by atoms with E-state index in [9.17, 15) is 4.79 Å². The van der Waals surface area contributed by atoms with Crippen molar-refractivity contribution < 1.29 is 28.8 Å². The van der Waals surface area contributed by atoms with Crippen LogP contribution in [-0.4, -0.2) is 38.0 Å². The molecule has 0 fully saturated rings. The molecule has 0 aliphatic carbocycles. The van der Waals surface area contributed by atoms with Crippen LogP contribution in [0.1, 0.15) is 12.5 Å². The fourth-order valence-electron chi connectivity index (χ4n) is 3.08. The minimum absolute atomic E-state index is 0.121. The molecule has 0 radical (unpaired) electrons.